The molecular weight excluding hydrogens is 396 g/mol. The van der Waals surface area contributed by atoms with E-state index in [1.165, 1.54) is 10.9 Å². The van der Waals surface area contributed by atoms with E-state index < -0.39 is 10.0 Å². The molecule has 144 valence electrons. The molecule has 2 heterocycles. The molecule has 0 aliphatic rings. The number of sulfonamides is 1. The first-order valence-corrected chi connectivity index (χ1v) is 10.6. The third-order valence-electron chi connectivity index (χ3n) is 4.76. The van der Waals surface area contributed by atoms with E-state index in [1.807, 2.05) is 60.8 Å². The van der Waals surface area contributed by atoms with Gasteiger partial charge in [-0.1, -0.05) is 60.1 Å². The molecule has 6 nitrogen and oxygen atoms in total. The van der Waals surface area contributed by atoms with Crippen LogP contribution in [-0.4, -0.2) is 29.5 Å². The van der Waals surface area contributed by atoms with Gasteiger partial charge < -0.3 is 9.55 Å². The molecule has 8 heteroatoms. The summed E-state index contributed by atoms with van der Waals surface area (Å²) in [6, 6.07) is 17.8. The molecule has 0 saturated carbocycles. The zero-order chi connectivity index (χ0) is 19.7. The number of hydrogen-bond donors (Lipinski definition) is 2. The minimum Gasteiger partial charge on any atom is -0.361 e. The summed E-state index contributed by atoms with van der Waals surface area (Å²) >= 11 is 6.08. The Kier molecular flexibility index (Phi) is 4.97. The summed E-state index contributed by atoms with van der Waals surface area (Å²) in [6.07, 6.45) is 3.32. The van der Waals surface area contributed by atoms with Crippen LogP contribution in [0.3, 0.4) is 0 Å². The van der Waals surface area contributed by atoms with Crippen molar-refractivity contribution in [1.82, 2.24) is 19.3 Å². The van der Waals surface area contributed by atoms with Gasteiger partial charge in [0.2, 0.25) is 5.03 Å². The average molecular weight is 415 g/mol. The number of nitrogens with zero attached hydrogens (tertiary/aromatic N) is 2. The Labute approximate surface area is 168 Å². The molecule has 2 aromatic carbocycles. The maximum Gasteiger partial charge on any atom is 0.261 e. The zero-order valence-electron chi connectivity index (χ0n) is 15.1. The zero-order valence-corrected chi connectivity index (χ0v) is 16.7. The van der Waals surface area contributed by atoms with Crippen molar-refractivity contribution in [2.24, 2.45) is 7.05 Å². The standard InChI is InChI=1S/C20H19ClN4O2S/c1-25-13-23-20(19(25)21)28(26,27)24-12-16(14-7-3-2-4-8-14)17-11-22-18-10-6-5-9-15(17)18/h2-11,13,16,22,24H,12H2,1H3/t16-/m0/s1. The molecule has 0 aliphatic heterocycles. The first-order chi connectivity index (χ1) is 13.5. The van der Waals surface area contributed by atoms with Gasteiger partial charge >= 0.3 is 0 Å². The van der Waals surface area contributed by atoms with Crippen molar-refractivity contribution in [3.05, 3.63) is 83.4 Å². The highest BCUT2D eigenvalue weighted by atomic mass is 35.5. The maximum absolute atomic E-state index is 12.8. The molecule has 0 saturated heterocycles. The van der Waals surface area contributed by atoms with Gasteiger partial charge in [0.05, 0.1) is 6.33 Å². The van der Waals surface area contributed by atoms with Crippen LogP contribution in [0, 0.1) is 0 Å². The van der Waals surface area contributed by atoms with Crippen LogP contribution in [0.2, 0.25) is 5.15 Å². The number of nitrogens with one attached hydrogen (secondary N) is 2. The molecule has 0 amide bonds. The number of benzene rings is 2. The quantitative estimate of drug-likeness (QED) is 0.505. The topological polar surface area (TPSA) is 79.8 Å². The number of para-hydroxylation sites is 1. The Bertz CT molecular complexity index is 1220. The Morgan fingerprint density at radius 1 is 1.14 bits per heavy atom. The normalized spacial score (nSPS) is 13.1. The largest absolute Gasteiger partial charge is 0.361 e. The fraction of sp³-hybridized carbons (Fsp3) is 0.150. The SMILES string of the molecule is Cn1cnc(S(=O)(=O)NC[C@@H](c2ccccc2)c2c[nH]c3ccccc23)c1Cl. The lowest BCUT2D eigenvalue weighted by Gasteiger charge is -2.18. The molecule has 0 unspecified atom stereocenters. The number of aromatic amines is 1. The van der Waals surface area contributed by atoms with Crippen molar-refractivity contribution in [1.29, 1.82) is 0 Å². The highest BCUT2D eigenvalue weighted by molar-refractivity contribution is 7.89. The number of imidazole rings is 1. The Morgan fingerprint density at radius 2 is 1.86 bits per heavy atom. The van der Waals surface area contributed by atoms with E-state index in [9.17, 15) is 8.42 Å². The van der Waals surface area contributed by atoms with Crippen molar-refractivity contribution in [2.75, 3.05) is 6.54 Å². The van der Waals surface area contributed by atoms with Crippen LogP contribution in [0.15, 0.2) is 72.1 Å². The van der Waals surface area contributed by atoms with Crippen molar-refractivity contribution in [2.45, 2.75) is 10.9 Å². The van der Waals surface area contributed by atoms with E-state index in [0.29, 0.717) is 0 Å². The molecule has 0 spiro atoms. The Morgan fingerprint density at radius 3 is 2.57 bits per heavy atom. The molecule has 0 bridgehead atoms. The fourth-order valence-corrected chi connectivity index (χ4v) is 4.78. The van der Waals surface area contributed by atoms with Gasteiger partial charge in [-0.2, -0.15) is 0 Å². The van der Waals surface area contributed by atoms with E-state index in [-0.39, 0.29) is 22.6 Å². The molecule has 2 N–H and O–H groups in total. The van der Waals surface area contributed by atoms with E-state index in [0.717, 1.165) is 22.0 Å². The molecule has 0 radical (unpaired) electrons. The third-order valence-corrected chi connectivity index (χ3v) is 6.68. The number of aromatic nitrogens is 3. The van der Waals surface area contributed by atoms with E-state index in [4.69, 9.17) is 11.6 Å². The Balaban J connectivity index is 1.70. The Hall–Kier alpha value is -2.61. The number of rotatable bonds is 6. The van der Waals surface area contributed by atoms with Crippen molar-refractivity contribution in [3.63, 3.8) is 0 Å². The average Bonchev–Trinajstić information content (AvgIpc) is 3.27. The highest BCUT2D eigenvalue weighted by Crippen LogP contribution is 2.31. The first kappa shape index (κ1) is 18.7. The monoisotopic (exact) mass is 414 g/mol. The maximum atomic E-state index is 12.8. The summed E-state index contributed by atoms with van der Waals surface area (Å²) in [5.74, 6) is -0.172. The second-order valence-electron chi connectivity index (χ2n) is 6.56. The minimum absolute atomic E-state index is 0.0795. The molecule has 4 rings (SSSR count). The van der Waals surface area contributed by atoms with Crippen molar-refractivity contribution < 1.29 is 8.42 Å². The first-order valence-electron chi connectivity index (χ1n) is 8.75. The predicted octanol–water partition coefficient (Wildman–Crippen LogP) is 3.67. The summed E-state index contributed by atoms with van der Waals surface area (Å²) in [5, 5.41) is 0.977. The predicted molar refractivity (Wildman–Crippen MR) is 110 cm³/mol. The lowest BCUT2D eigenvalue weighted by atomic mass is 9.91. The molecule has 1 atom stereocenters. The van der Waals surface area contributed by atoms with Crippen molar-refractivity contribution in [3.8, 4) is 0 Å². The molecule has 0 aliphatic carbocycles. The van der Waals surface area contributed by atoms with Crippen LogP contribution in [0.4, 0.5) is 0 Å². The number of H-pyrrole nitrogens is 1. The van der Waals surface area contributed by atoms with Gasteiger partial charge in [0.15, 0.2) is 0 Å². The summed E-state index contributed by atoms with van der Waals surface area (Å²) in [7, 11) is -2.20. The fourth-order valence-electron chi connectivity index (χ4n) is 3.31. The van der Waals surface area contributed by atoms with Gasteiger partial charge in [0.1, 0.15) is 5.15 Å². The van der Waals surface area contributed by atoms with Crippen LogP contribution < -0.4 is 4.72 Å². The smallest absolute Gasteiger partial charge is 0.261 e. The van der Waals surface area contributed by atoms with Crippen LogP contribution in [-0.2, 0) is 17.1 Å². The highest BCUT2D eigenvalue weighted by Gasteiger charge is 2.25. The number of hydrogen-bond acceptors (Lipinski definition) is 3. The van der Waals surface area contributed by atoms with Gasteiger partial charge in [0, 0.05) is 36.6 Å². The van der Waals surface area contributed by atoms with Gasteiger partial charge in [0.25, 0.3) is 10.0 Å². The summed E-state index contributed by atoms with van der Waals surface area (Å²) < 4.78 is 29.7. The lowest BCUT2D eigenvalue weighted by Crippen LogP contribution is -2.29. The third kappa shape index (κ3) is 3.44. The molecular formula is C20H19ClN4O2S. The van der Waals surface area contributed by atoms with Crippen LogP contribution in [0.1, 0.15) is 17.0 Å². The van der Waals surface area contributed by atoms with Crippen molar-refractivity contribution >= 4 is 32.5 Å². The minimum atomic E-state index is -3.84. The lowest BCUT2D eigenvalue weighted by molar-refractivity contribution is 0.574. The molecule has 28 heavy (non-hydrogen) atoms. The van der Waals surface area contributed by atoms with Crippen LogP contribution in [0.5, 0.6) is 0 Å². The summed E-state index contributed by atoms with van der Waals surface area (Å²) in [4.78, 5) is 7.19. The summed E-state index contributed by atoms with van der Waals surface area (Å²) in [5.41, 5.74) is 3.05. The van der Waals surface area contributed by atoms with Gasteiger partial charge in [-0.15, -0.1) is 0 Å². The second kappa shape index (κ2) is 7.43. The number of aryl methyl sites for hydroxylation is 1. The molecule has 2 aromatic heterocycles. The van der Waals surface area contributed by atoms with Gasteiger partial charge in [-0.05, 0) is 17.2 Å². The van der Waals surface area contributed by atoms with E-state index in [2.05, 4.69) is 14.7 Å². The number of halogens is 1. The summed E-state index contributed by atoms with van der Waals surface area (Å²) in [6.45, 7) is 0.182. The molecule has 0 fully saturated rings. The van der Waals surface area contributed by atoms with E-state index in [1.54, 1.807) is 7.05 Å². The van der Waals surface area contributed by atoms with Gasteiger partial charge in [-0.3, -0.25) is 0 Å². The number of fused-ring (bicyclic) bond motifs is 1. The van der Waals surface area contributed by atoms with E-state index >= 15 is 0 Å². The van der Waals surface area contributed by atoms with Gasteiger partial charge in [-0.25, -0.2) is 18.1 Å². The molecule has 4 aromatic rings. The second-order valence-corrected chi connectivity index (χ2v) is 8.60. The van der Waals surface area contributed by atoms with Crippen LogP contribution in [0.25, 0.3) is 10.9 Å². The van der Waals surface area contributed by atoms with Crippen LogP contribution >= 0.6 is 11.6 Å².